The summed E-state index contributed by atoms with van der Waals surface area (Å²) in [5.41, 5.74) is 0.919. The summed E-state index contributed by atoms with van der Waals surface area (Å²) in [6.07, 6.45) is 4.40. The van der Waals surface area contributed by atoms with E-state index in [2.05, 4.69) is 26.8 Å². The molecule has 2 N–H and O–H groups in total. The number of nitrogens with one attached hydrogen (secondary N) is 2. The van der Waals surface area contributed by atoms with Crippen LogP contribution in [-0.4, -0.2) is 27.3 Å². The minimum absolute atomic E-state index is 0.246. The topological polar surface area (TPSA) is 71.8 Å². The van der Waals surface area contributed by atoms with Gasteiger partial charge in [0.1, 0.15) is 0 Å². The van der Waals surface area contributed by atoms with Crippen LogP contribution in [0.25, 0.3) is 0 Å². The molecule has 0 spiro atoms. The van der Waals surface area contributed by atoms with Gasteiger partial charge in [-0.05, 0) is 30.0 Å². The number of urea groups is 1. The largest absolute Gasteiger partial charge is 0.337 e. The molecule has 0 unspecified atom stereocenters. The molecular weight excluding hydrogens is 310 g/mol. The van der Waals surface area contributed by atoms with Gasteiger partial charge in [-0.1, -0.05) is 12.1 Å². The fourth-order valence-corrected chi connectivity index (χ4v) is 2.80. The average molecular weight is 327 g/mol. The molecule has 0 saturated heterocycles. The first-order chi connectivity index (χ1) is 11.3. The maximum atomic E-state index is 11.8. The Morgan fingerprint density at radius 2 is 2.17 bits per heavy atom. The number of carbonyl (C=O) groups is 1. The number of thiophene rings is 1. The van der Waals surface area contributed by atoms with Crippen molar-refractivity contribution in [3.05, 3.63) is 64.7 Å². The van der Waals surface area contributed by atoms with E-state index >= 15 is 0 Å². The Bertz CT molecular complexity index is 739. The summed E-state index contributed by atoms with van der Waals surface area (Å²) in [5.74, 6) is 0.523. The number of hydrogen-bond donors (Lipinski definition) is 2. The number of carbonyl (C=O) groups excluding carboxylic acids is 1. The average Bonchev–Trinajstić information content (AvgIpc) is 3.21. The molecule has 0 saturated carbocycles. The van der Waals surface area contributed by atoms with E-state index in [-0.39, 0.29) is 6.03 Å². The van der Waals surface area contributed by atoms with E-state index in [0.717, 1.165) is 12.1 Å². The molecule has 23 heavy (non-hydrogen) atoms. The van der Waals surface area contributed by atoms with Gasteiger partial charge in [-0.25, -0.2) is 4.79 Å². The third-order valence-electron chi connectivity index (χ3n) is 3.17. The molecule has 0 radical (unpaired) electrons. The zero-order valence-electron chi connectivity index (χ0n) is 12.5. The van der Waals surface area contributed by atoms with E-state index in [9.17, 15) is 4.79 Å². The summed E-state index contributed by atoms with van der Waals surface area (Å²) in [7, 11) is 0. The lowest BCUT2D eigenvalue weighted by molar-refractivity contribution is 0.252. The van der Waals surface area contributed by atoms with Crippen molar-refractivity contribution < 1.29 is 4.79 Å². The van der Waals surface area contributed by atoms with Gasteiger partial charge in [0, 0.05) is 29.9 Å². The fraction of sp³-hybridized carbons (Fsp3) is 0.188. The van der Waals surface area contributed by atoms with Crippen LogP contribution in [0.3, 0.4) is 0 Å². The second-order valence-corrected chi connectivity index (χ2v) is 5.96. The fourth-order valence-electron chi connectivity index (χ4n) is 2.09. The van der Waals surface area contributed by atoms with Crippen molar-refractivity contribution in [2.75, 3.05) is 11.9 Å². The molecule has 3 aromatic rings. The third-order valence-corrected chi connectivity index (χ3v) is 4.11. The second-order valence-electron chi connectivity index (χ2n) is 4.93. The summed E-state index contributed by atoms with van der Waals surface area (Å²) in [4.78, 5) is 17.3. The normalized spacial score (nSPS) is 10.4. The summed E-state index contributed by atoms with van der Waals surface area (Å²) in [6.45, 7) is 1.17. The summed E-state index contributed by atoms with van der Waals surface area (Å²) >= 11 is 1.69. The lowest BCUT2D eigenvalue weighted by Gasteiger charge is -2.05. The number of aromatic nitrogens is 3. The summed E-state index contributed by atoms with van der Waals surface area (Å²) < 4.78 is 1.74. The lowest BCUT2D eigenvalue weighted by atomic mass is 10.3. The van der Waals surface area contributed by atoms with Crippen molar-refractivity contribution in [3.63, 3.8) is 0 Å². The van der Waals surface area contributed by atoms with Crippen LogP contribution in [0.1, 0.15) is 10.6 Å². The van der Waals surface area contributed by atoms with Crippen molar-refractivity contribution >= 4 is 23.2 Å². The minimum Gasteiger partial charge on any atom is -0.337 e. The predicted octanol–water partition coefficient (Wildman–Crippen LogP) is 2.75. The highest BCUT2D eigenvalue weighted by Gasteiger charge is 2.05. The molecule has 7 heteroatoms. The van der Waals surface area contributed by atoms with Gasteiger partial charge in [0.15, 0.2) is 5.82 Å². The first-order valence-electron chi connectivity index (χ1n) is 7.30. The minimum atomic E-state index is -0.246. The highest BCUT2D eigenvalue weighted by molar-refractivity contribution is 7.09. The molecule has 0 aromatic carbocycles. The van der Waals surface area contributed by atoms with Crippen molar-refractivity contribution in [1.29, 1.82) is 0 Å². The summed E-state index contributed by atoms with van der Waals surface area (Å²) in [5, 5.41) is 11.9. The molecule has 6 nitrogen and oxygen atoms in total. The van der Waals surface area contributed by atoms with Gasteiger partial charge in [-0.3, -0.25) is 15.0 Å². The van der Waals surface area contributed by atoms with E-state index in [0.29, 0.717) is 18.9 Å². The standard InChI is InChI=1S/C16H17N5OS/c22-16(18-9-6-14-5-3-11-23-14)19-15-7-10-21(20-15)12-13-4-1-2-8-17-13/h1-5,7-8,10-11H,6,9,12H2,(H2,18,19,20,22). The molecule has 3 aromatic heterocycles. The maximum absolute atomic E-state index is 11.8. The highest BCUT2D eigenvalue weighted by Crippen LogP contribution is 2.08. The van der Waals surface area contributed by atoms with Crippen LogP contribution in [0, 0.1) is 0 Å². The molecule has 118 valence electrons. The molecule has 3 heterocycles. The highest BCUT2D eigenvalue weighted by atomic mass is 32.1. The van der Waals surface area contributed by atoms with Crippen molar-refractivity contribution in [2.24, 2.45) is 0 Å². The lowest BCUT2D eigenvalue weighted by Crippen LogP contribution is -2.30. The zero-order valence-corrected chi connectivity index (χ0v) is 13.3. The van der Waals surface area contributed by atoms with Crippen LogP contribution in [0.5, 0.6) is 0 Å². The first kappa shape index (κ1) is 15.2. The molecule has 0 aliphatic carbocycles. The SMILES string of the molecule is O=C(NCCc1cccs1)Nc1ccn(Cc2ccccn2)n1. The Labute approximate surface area is 138 Å². The maximum Gasteiger partial charge on any atom is 0.320 e. The number of nitrogens with zero attached hydrogens (tertiary/aromatic N) is 3. The second kappa shape index (κ2) is 7.55. The van der Waals surface area contributed by atoms with Crippen LogP contribution in [0.15, 0.2) is 54.2 Å². The van der Waals surface area contributed by atoms with Crippen LogP contribution < -0.4 is 10.6 Å². The Morgan fingerprint density at radius 1 is 1.22 bits per heavy atom. The molecule has 0 aliphatic rings. The predicted molar refractivity (Wildman–Crippen MR) is 90.6 cm³/mol. The van der Waals surface area contributed by atoms with Crippen LogP contribution in [-0.2, 0) is 13.0 Å². The van der Waals surface area contributed by atoms with Gasteiger partial charge >= 0.3 is 6.03 Å². The number of hydrogen-bond acceptors (Lipinski definition) is 4. The Balaban J connectivity index is 1.45. The van der Waals surface area contributed by atoms with Crippen molar-refractivity contribution in [3.8, 4) is 0 Å². The van der Waals surface area contributed by atoms with E-state index in [1.807, 2.05) is 35.8 Å². The number of amides is 2. The van der Waals surface area contributed by atoms with Crippen molar-refractivity contribution in [1.82, 2.24) is 20.1 Å². The zero-order chi connectivity index (χ0) is 15.9. The molecule has 3 rings (SSSR count). The summed E-state index contributed by atoms with van der Waals surface area (Å²) in [6, 6.07) is 11.3. The molecule has 0 bridgehead atoms. The molecule has 2 amide bonds. The van der Waals surface area contributed by atoms with E-state index in [4.69, 9.17) is 0 Å². The monoisotopic (exact) mass is 327 g/mol. The Hall–Kier alpha value is -2.67. The number of anilines is 1. The van der Waals surface area contributed by atoms with Gasteiger partial charge in [-0.2, -0.15) is 5.10 Å². The number of pyridine rings is 1. The Morgan fingerprint density at radius 3 is 2.96 bits per heavy atom. The Kier molecular flexibility index (Phi) is 5.00. The van der Waals surface area contributed by atoms with Crippen molar-refractivity contribution in [2.45, 2.75) is 13.0 Å². The van der Waals surface area contributed by atoms with Gasteiger partial charge in [0.2, 0.25) is 0 Å². The van der Waals surface area contributed by atoms with Gasteiger partial charge in [0.05, 0.1) is 12.2 Å². The number of rotatable bonds is 6. The van der Waals surface area contributed by atoms with E-state index in [1.165, 1.54) is 4.88 Å². The van der Waals surface area contributed by atoms with Crippen LogP contribution >= 0.6 is 11.3 Å². The van der Waals surface area contributed by atoms with Crippen LogP contribution in [0.2, 0.25) is 0 Å². The third kappa shape index (κ3) is 4.65. The molecule has 0 aliphatic heterocycles. The molecular formula is C16H17N5OS. The quantitative estimate of drug-likeness (QED) is 0.731. The van der Waals surface area contributed by atoms with Gasteiger partial charge in [0.25, 0.3) is 0 Å². The smallest absolute Gasteiger partial charge is 0.320 e. The van der Waals surface area contributed by atoms with Crippen LogP contribution in [0.4, 0.5) is 10.6 Å². The molecule has 0 fully saturated rings. The molecule has 0 atom stereocenters. The van der Waals surface area contributed by atoms with E-state index in [1.54, 1.807) is 28.3 Å². The van der Waals surface area contributed by atoms with Gasteiger partial charge < -0.3 is 5.32 Å². The van der Waals surface area contributed by atoms with Gasteiger partial charge in [-0.15, -0.1) is 11.3 Å². The van der Waals surface area contributed by atoms with E-state index < -0.39 is 0 Å². The first-order valence-corrected chi connectivity index (χ1v) is 8.18.